The molecule has 0 radical (unpaired) electrons. The molecule has 0 atom stereocenters. The number of nitrogens with one attached hydrogen (secondary N) is 1. The maximum atomic E-state index is 14.3. The summed E-state index contributed by atoms with van der Waals surface area (Å²) in [5, 5.41) is 2.43. The Labute approximate surface area is 217 Å². The maximum Gasteiger partial charge on any atom is 0.414 e. The smallest absolute Gasteiger partial charge is 0.403 e. The molecule has 0 bridgehead atoms. The number of rotatable bonds is 6. The molecule has 3 amide bonds. The van der Waals surface area contributed by atoms with Gasteiger partial charge < -0.3 is 29.2 Å². The third-order valence-corrected chi connectivity index (χ3v) is 7.06. The fourth-order valence-electron chi connectivity index (χ4n) is 5.02. The molecule has 1 aliphatic heterocycles. The van der Waals surface area contributed by atoms with Crippen molar-refractivity contribution in [1.29, 1.82) is 0 Å². The molecule has 0 unspecified atom stereocenters. The van der Waals surface area contributed by atoms with Crippen LogP contribution in [-0.4, -0.2) is 73.7 Å². The molecule has 198 valence electrons. The van der Waals surface area contributed by atoms with Crippen molar-refractivity contribution in [2.24, 2.45) is 5.92 Å². The highest BCUT2D eigenvalue weighted by atomic mass is 35.5. The summed E-state index contributed by atoms with van der Waals surface area (Å²) in [5.41, 5.74) is -1.82. The van der Waals surface area contributed by atoms with Crippen molar-refractivity contribution in [3.8, 4) is 5.75 Å². The second kappa shape index (κ2) is 10.1. The Hall–Kier alpha value is -3.44. The Morgan fingerprint density at radius 3 is 2.62 bits per heavy atom. The second-order valence-electron chi connectivity index (χ2n) is 9.69. The summed E-state index contributed by atoms with van der Waals surface area (Å²) in [6.07, 6.45) is 1.72. The van der Waals surface area contributed by atoms with Crippen LogP contribution in [0.5, 0.6) is 5.75 Å². The lowest BCUT2D eigenvalue weighted by Gasteiger charge is -2.54. The molecule has 1 spiro atoms. The number of fused-ring (bicyclic) bond motifs is 2. The molecule has 12 heteroatoms. The molecule has 0 saturated heterocycles. The zero-order valence-corrected chi connectivity index (χ0v) is 21.7. The molecular formula is C25H28ClFN4O6. The first-order chi connectivity index (χ1) is 17.5. The monoisotopic (exact) mass is 534 g/mol. The number of likely N-dealkylation sites (N-methyl/N-ethyl adjacent to an activating group) is 1. The number of methoxy groups -OCH3 is 1. The number of ether oxygens (including phenoxy) is 2. The van der Waals surface area contributed by atoms with E-state index in [9.17, 15) is 23.6 Å². The molecule has 1 fully saturated rings. The van der Waals surface area contributed by atoms with E-state index in [1.807, 2.05) is 0 Å². The molecule has 1 saturated carbocycles. The highest BCUT2D eigenvalue weighted by Gasteiger charge is 2.52. The predicted molar refractivity (Wildman–Crippen MR) is 133 cm³/mol. The van der Waals surface area contributed by atoms with Gasteiger partial charge in [0.25, 0.3) is 11.8 Å². The van der Waals surface area contributed by atoms with Gasteiger partial charge in [-0.15, -0.1) is 0 Å². The van der Waals surface area contributed by atoms with Gasteiger partial charge in [-0.2, -0.15) is 0 Å². The number of carbonyl (C=O) groups is 3. The maximum absolute atomic E-state index is 14.3. The molecule has 1 aromatic carbocycles. The largest absolute Gasteiger partial charge is 0.414 e. The van der Waals surface area contributed by atoms with E-state index in [0.29, 0.717) is 26.0 Å². The van der Waals surface area contributed by atoms with Crippen molar-refractivity contribution in [2.45, 2.75) is 24.9 Å². The zero-order valence-electron chi connectivity index (χ0n) is 21.0. The van der Waals surface area contributed by atoms with Crippen LogP contribution in [0.1, 0.15) is 39.3 Å². The third-order valence-electron chi connectivity index (χ3n) is 6.77. The lowest BCUT2D eigenvalue weighted by atomic mass is 9.67. The quantitative estimate of drug-likeness (QED) is 0.609. The van der Waals surface area contributed by atoms with E-state index in [-0.39, 0.29) is 34.3 Å². The van der Waals surface area contributed by atoms with E-state index >= 15 is 0 Å². The summed E-state index contributed by atoms with van der Waals surface area (Å²) < 4.78 is 26.6. The molecule has 10 nitrogen and oxygen atoms in total. The molecule has 1 aromatic heterocycles. The minimum atomic E-state index is -0.919. The van der Waals surface area contributed by atoms with E-state index in [1.165, 1.54) is 37.3 Å². The van der Waals surface area contributed by atoms with E-state index in [1.54, 1.807) is 24.8 Å². The Bertz CT molecular complexity index is 1320. The van der Waals surface area contributed by atoms with Gasteiger partial charge in [0.2, 0.25) is 11.2 Å². The summed E-state index contributed by atoms with van der Waals surface area (Å²) >= 11 is 5.82. The summed E-state index contributed by atoms with van der Waals surface area (Å²) in [7, 11) is 6.08. The number of hydrogen-bond acceptors (Lipinski definition) is 6. The van der Waals surface area contributed by atoms with Crippen LogP contribution in [0, 0.1) is 11.7 Å². The first-order valence-corrected chi connectivity index (χ1v) is 12.0. The van der Waals surface area contributed by atoms with Crippen molar-refractivity contribution >= 4 is 29.5 Å². The van der Waals surface area contributed by atoms with Crippen molar-refractivity contribution in [2.75, 3.05) is 41.4 Å². The number of nitrogens with zero attached hydrogens (tertiary/aromatic N) is 3. The van der Waals surface area contributed by atoms with Gasteiger partial charge in [0, 0.05) is 59.7 Å². The normalized spacial score (nSPS) is 20.3. The van der Waals surface area contributed by atoms with Crippen LogP contribution in [0.3, 0.4) is 0 Å². The van der Waals surface area contributed by atoms with Gasteiger partial charge in [0.15, 0.2) is 5.69 Å². The molecule has 2 aliphatic rings. The first kappa shape index (κ1) is 26.6. The van der Waals surface area contributed by atoms with E-state index < -0.39 is 40.4 Å². The standard InChI is InChI=1S/C25H28ClFN4O6/c1-29(2)24(35)37-21-19-23(34)30(3)13-25(8-14(9-25)12-36-4)31(19)11-16(20(21)32)22(33)28-10-15-6-5-7-17(26)18(15)27/h5-7,11,14H,8-10,12-13H2,1-4H3,(H,28,33). The minimum absolute atomic E-state index is 0.0951. The van der Waals surface area contributed by atoms with Crippen LogP contribution >= 0.6 is 11.6 Å². The average molecular weight is 535 g/mol. The third kappa shape index (κ3) is 4.80. The van der Waals surface area contributed by atoms with Gasteiger partial charge in [-0.3, -0.25) is 14.4 Å². The van der Waals surface area contributed by atoms with Crippen LogP contribution < -0.4 is 15.5 Å². The Balaban J connectivity index is 1.79. The van der Waals surface area contributed by atoms with Gasteiger partial charge in [-0.1, -0.05) is 23.7 Å². The number of pyridine rings is 1. The molecule has 4 rings (SSSR count). The molecular weight excluding hydrogens is 507 g/mol. The molecule has 1 N–H and O–H groups in total. The van der Waals surface area contributed by atoms with Gasteiger partial charge in [-0.05, 0) is 24.8 Å². The number of aromatic nitrogens is 1. The highest BCUT2D eigenvalue weighted by molar-refractivity contribution is 6.30. The summed E-state index contributed by atoms with van der Waals surface area (Å²) in [6, 6.07) is 4.38. The Morgan fingerprint density at radius 2 is 1.97 bits per heavy atom. The van der Waals surface area contributed by atoms with Crippen LogP contribution in [-0.2, 0) is 16.8 Å². The van der Waals surface area contributed by atoms with Crippen molar-refractivity contribution in [1.82, 2.24) is 19.7 Å². The van der Waals surface area contributed by atoms with E-state index in [2.05, 4.69) is 5.32 Å². The van der Waals surface area contributed by atoms with E-state index in [0.717, 1.165) is 4.90 Å². The molecule has 2 heterocycles. The lowest BCUT2D eigenvalue weighted by Crippen LogP contribution is -2.60. The van der Waals surface area contributed by atoms with Gasteiger partial charge in [0.1, 0.15) is 11.4 Å². The van der Waals surface area contributed by atoms with Crippen LogP contribution in [0.15, 0.2) is 29.2 Å². The fourth-order valence-corrected chi connectivity index (χ4v) is 5.22. The van der Waals surface area contributed by atoms with E-state index in [4.69, 9.17) is 21.1 Å². The minimum Gasteiger partial charge on any atom is -0.403 e. The first-order valence-electron chi connectivity index (χ1n) is 11.6. The summed E-state index contributed by atoms with van der Waals surface area (Å²) in [5.74, 6) is -2.30. The molecule has 2 aromatic rings. The van der Waals surface area contributed by atoms with Crippen molar-refractivity contribution in [3.05, 3.63) is 62.3 Å². The Morgan fingerprint density at radius 1 is 1.27 bits per heavy atom. The number of carbonyl (C=O) groups excluding carboxylic acids is 3. The summed E-state index contributed by atoms with van der Waals surface area (Å²) in [4.78, 5) is 54.9. The predicted octanol–water partition coefficient (Wildman–Crippen LogP) is 2.47. The second-order valence-corrected chi connectivity index (χ2v) is 10.1. The Kier molecular flexibility index (Phi) is 7.29. The molecule has 37 heavy (non-hydrogen) atoms. The number of benzene rings is 1. The SMILES string of the molecule is COCC1CC2(C1)CN(C)C(=O)c1c(OC(=O)N(C)C)c(=O)c(C(=O)NCc3cccc(Cl)c3F)cn12. The topological polar surface area (TPSA) is 110 Å². The summed E-state index contributed by atoms with van der Waals surface area (Å²) in [6.45, 7) is 0.635. The van der Waals surface area contributed by atoms with Crippen LogP contribution in [0.2, 0.25) is 5.02 Å². The number of hydrogen-bond donors (Lipinski definition) is 1. The van der Waals surface area contributed by atoms with Gasteiger partial charge in [0.05, 0.1) is 10.6 Å². The van der Waals surface area contributed by atoms with Gasteiger partial charge >= 0.3 is 6.09 Å². The van der Waals surface area contributed by atoms with Crippen LogP contribution in [0.4, 0.5) is 9.18 Å². The van der Waals surface area contributed by atoms with Crippen LogP contribution in [0.25, 0.3) is 0 Å². The fraction of sp³-hybridized carbons (Fsp3) is 0.440. The number of amides is 3. The number of halogens is 2. The van der Waals surface area contributed by atoms with Crippen molar-refractivity contribution in [3.63, 3.8) is 0 Å². The lowest BCUT2D eigenvalue weighted by molar-refractivity contribution is -0.0189. The van der Waals surface area contributed by atoms with Crippen molar-refractivity contribution < 1.29 is 28.2 Å². The molecule has 1 aliphatic carbocycles. The average Bonchev–Trinajstić information content (AvgIpc) is 2.83. The highest BCUT2D eigenvalue weighted by Crippen LogP contribution is 2.48. The van der Waals surface area contributed by atoms with Gasteiger partial charge in [-0.25, -0.2) is 9.18 Å². The zero-order chi connectivity index (χ0) is 27.1.